The molecule has 7 heteroatoms. The predicted molar refractivity (Wildman–Crippen MR) is 108 cm³/mol. The van der Waals surface area contributed by atoms with Gasteiger partial charge in [0, 0.05) is 52.0 Å². The van der Waals surface area contributed by atoms with Crippen molar-refractivity contribution in [2.75, 3.05) is 32.7 Å². The number of piperazine rings is 1. The zero-order valence-electron chi connectivity index (χ0n) is 17.2. The van der Waals surface area contributed by atoms with Gasteiger partial charge in [0.2, 0.25) is 17.7 Å². The summed E-state index contributed by atoms with van der Waals surface area (Å²) in [4.78, 5) is 54.0. The second-order valence-corrected chi connectivity index (χ2v) is 7.94. The molecule has 0 bridgehead atoms. The van der Waals surface area contributed by atoms with Gasteiger partial charge in [-0.1, -0.05) is 30.3 Å². The third-order valence-corrected chi connectivity index (χ3v) is 5.89. The van der Waals surface area contributed by atoms with Gasteiger partial charge in [-0.05, 0) is 19.4 Å². The van der Waals surface area contributed by atoms with E-state index in [1.807, 2.05) is 37.3 Å². The first kappa shape index (κ1) is 21.0. The molecule has 0 N–H and O–H groups in total. The standard InChI is InChI=1S/C22H29N3O4/c1-16(26)8-9-20(27)23-10-12-24(13-11-23)22(29)19-14-21(28)25(15-19)17(2)18-6-4-3-5-7-18/h3-7,17,19H,8-15H2,1-2H3. The van der Waals surface area contributed by atoms with Crippen LogP contribution in [0.1, 0.15) is 44.7 Å². The molecule has 0 aliphatic carbocycles. The Kier molecular flexibility index (Phi) is 6.67. The van der Waals surface area contributed by atoms with Crippen molar-refractivity contribution in [1.82, 2.24) is 14.7 Å². The minimum absolute atomic E-state index is 0.00283. The average molecular weight is 399 g/mol. The molecule has 0 saturated carbocycles. The van der Waals surface area contributed by atoms with E-state index in [9.17, 15) is 19.2 Å². The zero-order valence-corrected chi connectivity index (χ0v) is 17.2. The Morgan fingerprint density at radius 2 is 1.62 bits per heavy atom. The number of carbonyl (C=O) groups excluding carboxylic acids is 4. The fourth-order valence-corrected chi connectivity index (χ4v) is 4.06. The lowest BCUT2D eigenvalue weighted by Crippen LogP contribution is -2.52. The van der Waals surface area contributed by atoms with Gasteiger partial charge in [0.25, 0.3) is 0 Å². The molecular formula is C22H29N3O4. The molecule has 29 heavy (non-hydrogen) atoms. The quantitative estimate of drug-likeness (QED) is 0.729. The zero-order chi connectivity index (χ0) is 21.0. The van der Waals surface area contributed by atoms with Crippen molar-refractivity contribution in [3.05, 3.63) is 35.9 Å². The summed E-state index contributed by atoms with van der Waals surface area (Å²) in [5.41, 5.74) is 1.06. The van der Waals surface area contributed by atoms with Crippen molar-refractivity contribution in [2.24, 2.45) is 5.92 Å². The van der Waals surface area contributed by atoms with Crippen molar-refractivity contribution >= 4 is 23.5 Å². The second kappa shape index (κ2) is 9.20. The minimum Gasteiger partial charge on any atom is -0.339 e. The first-order valence-electron chi connectivity index (χ1n) is 10.3. The van der Waals surface area contributed by atoms with Crippen molar-refractivity contribution in [2.45, 2.75) is 39.2 Å². The van der Waals surface area contributed by atoms with Crippen LogP contribution in [0.25, 0.3) is 0 Å². The first-order valence-corrected chi connectivity index (χ1v) is 10.3. The van der Waals surface area contributed by atoms with Crippen LogP contribution in [0, 0.1) is 5.92 Å². The van der Waals surface area contributed by atoms with Gasteiger partial charge in [-0.25, -0.2) is 0 Å². The van der Waals surface area contributed by atoms with Crippen molar-refractivity contribution in [1.29, 1.82) is 0 Å². The van der Waals surface area contributed by atoms with Gasteiger partial charge < -0.3 is 19.5 Å². The minimum atomic E-state index is -0.325. The summed E-state index contributed by atoms with van der Waals surface area (Å²) in [6.07, 6.45) is 0.734. The van der Waals surface area contributed by atoms with E-state index >= 15 is 0 Å². The Labute approximate surface area is 171 Å². The van der Waals surface area contributed by atoms with E-state index in [1.165, 1.54) is 6.92 Å². The van der Waals surface area contributed by atoms with Gasteiger partial charge in [-0.3, -0.25) is 14.4 Å². The molecule has 0 radical (unpaired) electrons. The van der Waals surface area contributed by atoms with E-state index in [0.717, 1.165) is 5.56 Å². The molecule has 0 aromatic heterocycles. The van der Waals surface area contributed by atoms with Crippen LogP contribution in [0.3, 0.4) is 0 Å². The molecule has 2 heterocycles. The summed E-state index contributed by atoms with van der Waals surface area (Å²) >= 11 is 0. The maximum Gasteiger partial charge on any atom is 0.228 e. The summed E-state index contributed by atoms with van der Waals surface area (Å²) in [6, 6.07) is 9.78. The van der Waals surface area contributed by atoms with Gasteiger partial charge in [-0.15, -0.1) is 0 Å². The van der Waals surface area contributed by atoms with Crippen LogP contribution in [-0.2, 0) is 19.2 Å². The number of rotatable bonds is 6. The van der Waals surface area contributed by atoms with Gasteiger partial charge in [-0.2, -0.15) is 0 Å². The Hall–Kier alpha value is -2.70. The fraction of sp³-hybridized carbons (Fsp3) is 0.545. The van der Waals surface area contributed by atoms with Crippen LogP contribution >= 0.6 is 0 Å². The van der Waals surface area contributed by atoms with Crippen LogP contribution < -0.4 is 0 Å². The van der Waals surface area contributed by atoms with Gasteiger partial charge in [0.1, 0.15) is 5.78 Å². The molecule has 7 nitrogen and oxygen atoms in total. The molecule has 1 aromatic carbocycles. The van der Waals surface area contributed by atoms with E-state index in [0.29, 0.717) is 32.7 Å². The molecular weight excluding hydrogens is 370 g/mol. The van der Waals surface area contributed by atoms with Gasteiger partial charge in [0.05, 0.1) is 12.0 Å². The topological polar surface area (TPSA) is 78.0 Å². The number of nitrogens with zero attached hydrogens (tertiary/aromatic N) is 3. The summed E-state index contributed by atoms with van der Waals surface area (Å²) in [6.45, 7) is 5.82. The van der Waals surface area contributed by atoms with Gasteiger partial charge >= 0.3 is 0 Å². The maximum absolute atomic E-state index is 12.9. The Bertz CT molecular complexity index is 772. The third kappa shape index (κ3) is 5.02. The fourth-order valence-electron chi connectivity index (χ4n) is 4.06. The third-order valence-electron chi connectivity index (χ3n) is 5.89. The number of hydrogen-bond donors (Lipinski definition) is 0. The summed E-state index contributed by atoms with van der Waals surface area (Å²) in [5.74, 6) is -0.345. The number of ketones is 1. The summed E-state index contributed by atoms with van der Waals surface area (Å²) in [7, 11) is 0. The molecule has 3 amide bonds. The molecule has 2 fully saturated rings. The molecule has 2 aliphatic heterocycles. The first-order chi connectivity index (χ1) is 13.9. The van der Waals surface area contributed by atoms with Crippen molar-refractivity contribution < 1.29 is 19.2 Å². The number of Topliss-reactive ketones (excluding diaryl/α,β-unsaturated/α-hetero) is 1. The van der Waals surface area contributed by atoms with Crippen molar-refractivity contribution in [3.63, 3.8) is 0 Å². The molecule has 156 valence electrons. The highest BCUT2D eigenvalue weighted by Gasteiger charge is 2.39. The van der Waals surface area contributed by atoms with Crippen molar-refractivity contribution in [3.8, 4) is 0 Å². The smallest absolute Gasteiger partial charge is 0.228 e. The summed E-state index contributed by atoms with van der Waals surface area (Å²) < 4.78 is 0. The van der Waals surface area contributed by atoms with Crippen LogP contribution in [0.4, 0.5) is 0 Å². The van der Waals surface area contributed by atoms with Crippen LogP contribution in [0.15, 0.2) is 30.3 Å². The normalized spacial score (nSPS) is 20.7. The lowest BCUT2D eigenvalue weighted by atomic mass is 10.1. The monoisotopic (exact) mass is 399 g/mol. The SMILES string of the molecule is CC(=O)CCC(=O)N1CCN(C(=O)C2CC(=O)N(C(C)c3ccccc3)C2)CC1. The number of carbonyl (C=O) groups is 4. The number of likely N-dealkylation sites (tertiary alicyclic amines) is 1. The van der Waals surface area contributed by atoms with E-state index in [4.69, 9.17) is 0 Å². The molecule has 2 saturated heterocycles. The average Bonchev–Trinajstić information content (AvgIpc) is 3.13. The largest absolute Gasteiger partial charge is 0.339 e. The molecule has 2 atom stereocenters. The van der Waals surface area contributed by atoms with E-state index < -0.39 is 0 Å². The second-order valence-electron chi connectivity index (χ2n) is 7.94. The van der Waals surface area contributed by atoms with E-state index in [-0.39, 0.29) is 54.7 Å². The lowest BCUT2D eigenvalue weighted by Gasteiger charge is -2.36. The number of amides is 3. The highest BCUT2D eigenvalue weighted by molar-refractivity contribution is 5.90. The van der Waals surface area contributed by atoms with E-state index in [1.54, 1.807) is 14.7 Å². The highest BCUT2D eigenvalue weighted by atomic mass is 16.2. The Morgan fingerprint density at radius 3 is 2.24 bits per heavy atom. The van der Waals surface area contributed by atoms with Gasteiger partial charge in [0.15, 0.2) is 0 Å². The molecule has 2 unspecified atom stereocenters. The maximum atomic E-state index is 12.9. The predicted octanol–water partition coefficient (Wildman–Crippen LogP) is 1.64. The lowest BCUT2D eigenvalue weighted by molar-refractivity contribution is -0.142. The molecule has 1 aromatic rings. The van der Waals surface area contributed by atoms with E-state index in [2.05, 4.69) is 0 Å². The summed E-state index contributed by atoms with van der Waals surface area (Å²) in [5, 5.41) is 0. The van der Waals surface area contributed by atoms with Crippen LogP contribution in [-0.4, -0.2) is 70.9 Å². The van der Waals surface area contributed by atoms with Crippen LogP contribution in [0.2, 0.25) is 0 Å². The Morgan fingerprint density at radius 1 is 1.00 bits per heavy atom. The molecule has 3 rings (SSSR count). The van der Waals surface area contributed by atoms with Crippen LogP contribution in [0.5, 0.6) is 0 Å². The molecule has 0 spiro atoms. The Balaban J connectivity index is 1.52. The number of hydrogen-bond acceptors (Lipinski definition) is 4. The highest BCUT2D eigenvalue weighted by Crippen LogP contribution is 2.29. The number of benzene rings is 1. The molecule has 2 aliphatic rings.